The van der Waals surface area contributed by atoms with Gasteiger partial charge in [0.25, 0.3) is 0 Å². The first-order valence-corrected chi connectivity index (χ1v) is 8.80. The minimum absolute atomic E-state index is 0.245. The normalized spacial score (nSPS) is 12.2. The van der Waals surface area contributed by atoms with Crippen LogP contribution in [0, 0.1) is 0 Å². The van der Waals surface area contributed by atoms with Gasteiger partial charge in [-0.15, -0.1) is 0 Å². The molecule has 0 bridgehead atoms. The largest absolute Gasteiger partial charge is 0.497 e. The molecule has 0 aliphatic rings. The van der Waals surface area contributed by atoms with Crippen molar-refractivity contribution in [3.05, 3.63) is 58.6 Å². The van der Waals surface area contributed by atoms with Crippen LogP contribution in [0.3, 0.4) is 0 Å². The summed E-state index contributed by atoms with van der Waals surface area (Å²) in [7, 11) is 5.20. The molecular formula is C20H26ClNO4. The molecule has 2 rings (SSSR count). The van der Waals surface area contributed by atoms with Gasteiger partial charge in [-0.2, -0.15) is 0 Å². The van der Waals surface area contributed by atoms with Crippen molar-refractivity contribution in [1.82, 2.24) is 4.90 Å². The summed E-state index contributed by atoms with van der Waals surface area (Å²) in [5, 5.41) is 10.9. The van der Waals surface area contributed by atoms with Crippen LogP contribution in [0.25, 0.3) is 0 Å². The Hall–Kier alpha value is -1.79. The Labute approximate surface area is 160 Å². The zero-order chi connectivity index (χ0) is 18.9. The molecule has 1 atom stereocenters. The standard InChI is InChI=1S/C20H26ClNO4/c1-22(11-15-8-9-18(24-2)10-20(15)25-3)12-17(23)14-26-13-16-6-4-5-7-19(16)21/h4-10,17,23H,11-14H2,1-3H3/t17-/m1/s1. The van der Waals surface area contributed by atoms with Crippen LogP contribution in [-0.2, 0) is 17.9 Å². The first kappa shape index (κ1) is 20.5. The van der Waals surface area contributed by atoms with Gasteiger partial charge in [0.05, 0.1) is 33.5 Å². The van der Waals surface area contributed by atoms with Crippen molar-refractivity contribution in [1.29, 1.82) is 0 Å². The molecule has 1 N–H and O–H groups in total. The number of halogens is 1. The highest BCUT2D eigenvalue weighted by atomic mass is 35.5. The Morgan fingerprint density at radius 3 is 2.54 bits per heavy atom. The number of hydrogen-bond acceptors (Lipinski definition) is 5. The predicted octanol–water partition coefficient (Wildman–Crippen LogP) is 3.37. The number of aliphatic hydroxyl groups excluding tert-OH is 1. The Bertz CT molecular complexity index is 695. The predicted molar refractivity (Wildman–Crippen MR) is 103 cm³/mol. The monoisotopic (exact) mass is 379 g/mol. The average molecular weight is 380 g/mol. The summed E-state index contributed by atoms with van der Waals surface area (Å²) >= 11 is 6.09. The Morgan fingerprint density at radius 1 is 1.08 bits per heavy atom. The van der Waals surface area contributed by atoms with Gasteiger partial charge in [0, 0.05) is 29.7 Å². The molecule has 2 aromatic carbocycles. The van der Waals surface area contributed by atoms with E-state index in [0.29, 0.717) is 24.7 Å². The number of aliphatic hydroxyl groups is 1. The molecule has 0 spiro atoms. The highest BCUT2D eigenvalue weighted by molar-refractivity contribution is 6.31. The van der Waals surface area contributed by atoms with Crippen LogP contribution in [-0.4, -0.2) is 50.5 Å². The summed E-state index contributed by atoms with van der Waals surface area (Å²) < 4.78 is 16.2. The Morgan fingerprint density at radius 2 is 1.85 bits per heavy atom. The van der Waals surface area contributed by atoms with Gasteiger partial charge in [-0.25, -0.2) is 0 Å². The van der Waals surface area contributed by atoms with Crippen LogP contribution in [0.15, 0.2) is 42.5 Å². The number of rotatable bonds is 10. The minimum atomic E-state index is -0.591. The molecule has 0 unspecified atom stereocenters. The van der Waals surface area contributed by atoms with E-state index in [-0.39, 0.29) is 6.61 Å². The van der Waals surface area contributed by atoms with Crippen molar-refractivity contribution < 1.29 is 19.3 Å². The van der Waals surface area contributed by atoms with Crippen LogP contribution in [0.1, 0.15) is 11.1 Å². The summed E-state index contributed by atoms with van der Waals surface area (Å²) in [5.41, 5.74) is 1.94. The highest BCUT2D eigenvalue weighted by Gasteiger charge is 2.12. The number of ether oxygens (including phenoxy) is 3. The maximum absolute atomic E-state index is 10.2. The third kappa shape index (κ3) is 6.18. The average Bonchev–Trinajstić information content (AvgIpc) is 2.63. The number of nitrogens with zero attached hydrogens (tertiary/aromatic N) is 1. The third-order valence-corrected chi connectivity index (χ3v) is 4.35. The maximum Gasteiger partial charge on any atom is 0.127 e. The number of methoxy groups -OCH3 is 2. The molecule has 0 aliphatic carbocycles. The molecule has 5 nitrogen and oxygen atoms in total. The summed E-state index contributed by atoms with van der Waals surface area (Å²) in [6.45, 7) is 1.76. The first-order chi connectivity index (χ1) is 12.5. The zero-order valence-corrected chi connectivity index (χ0v) is 16.2. The minimum Gasteiger partial charge on any atom is -0.497 e. The van der Waals surface area contributed by atoms with Crippen molar-refractivity contribution in [3.63, 3.8) is 0 Å². The molecule has 0 radical (unpaired) electrons. The molecule has 0 fully saturated rings. The Balaban J connectivity index is 1.80. The lowest BCUT2D eigenvalue weighted by Crippen LogP contribution is -2.32. The van der Waals surface area contributed by atoms with E-state index in [4.69, 9.17) is 25.8 Å². The van der Waals surface area contributed by atoms with Crippen molar-refractivity contribution in [2.45, 2.75) is 19.3 Å². The molecule has 0 aromatic heterocycles. The Kier molecular flexibility index (Phi) is 8.19. The van der Waals surface area contributed by atoms with Crippen LogP contribution in [0.2, 0.25) is 5.02 Å². The van der Waals surface area contributed by atoms with Crippen LogP contribution in [0.5, 0.6) is 11.5 Å². The van der Waals surface area contributed by atoms with Gasteiger partial charge in [-0.1, -0.05) is 35.9 Å². The lowest BCUT2D eigenvalue weighted by atomic mass is 10.1. The quantitative estimate of drug-likeness (QED) is 0.686. The van der Waals surface area contributed by atoms with Gasteiger partial charge < -0.3 is 19.3 Å². The molecule has 0 aliphatic heterocycles. The fourth-order valence-electron chi connectivity index (χ4n) is 2.67. The topological polar surface area (TPSA) is 51.2 Å². The molecule has 0 heterocycles. The highest BCUT2D eigenvalue weighted by Crippen LogP contribution is 2.25. The molecule has 0 saturated heterocycles. The number of hydrogen-bond donors (Lipinski definition) is 1. The lowest BCUT2D eigenvalue weighted by Gasteiger charge is -2.22. The molecular weight excluding hydrogens is 354 g/mol. The fraction of sp³-hybridized carbons (Fsp3) is 0.400. The second-order valence-corrected chi connectivity index (χ2v) is 6.54. The fourth-order valence-corrected chi connectivity index (χ4v) is 2.86. The van der Waals surface area contributed by atoms with E-state index >= 15 is 0 Å². The third-order valence-electron chi connectivity index (χ3n) is 3.98. The summed E-state index contributed by atoms with van der Waals surface area (Å²) in [6.07, 6.45) is -0.591. The summed E-state index contributed by atoms with van der Waals surface area (Å²) in [4.78, 5) is 2.02. The van der Waals surface area contributed by atoms with E-state index in [0.717, 1.165) is 22.6 Å². The van der Waals surface area contributed by atoms with Gasteiger partial charge in [-0.05, 0) is 24.7 Å². The molecule has 142 valence electrons. The molecule has 0 saturated carbocycles. The maximum atomic E-state index is 10.2. The van der Waals surface area contributed by atoms with Crippen LogP contribution >= 0.6 is 11.6 Å². The number of benzene rings is 2. The second-order valence-electron chi connectivity index (χ2n) is 6.13. The molecule has 0 amide bonds. The lowest BCUT2D eigenvalue weighted by molar-refractivity contribution is 0.0126. The molecule has 2 aromatic rings. The summed E-state index contributed by atoms with van der Waals surface area (Å²) in [6, 6.07) is 13.2. The van der Waals surface area contributed by atoms with Crippen LogP contribution in [0.4, 0.5) is 0 Å². The van der Waals surface area contributed by atoms with Gasteiger partial charge in [0.2, 0.25) is 0 Å². The zero-order valence-electron chi connectivity index (χ0n) is 15.4. The van der Waals surface area contributed by atoms with Crippen LogP contribution < -0.4 is 9.47 Å². The second kappa shape index (κ2) is 10.4. The van der Waals surface area contributed by atoms with Gasteiger partial charge in [-0.3, -0.25) is 4.90 Å². The van der Waals surface area contributed by atoms with Gasteiger partial charge >= 0.3 is 0 Å². The van der Waals surface area contributed by atoms with Crippen molar-refractivity contribution in [3.8, 4) is 11.5 Å². The summed E-state index contributed by atoms with van der Waals surface area (Å²) in [5.74, 6) is 1.52. The van der Waals surface area contributed by atoms with Crippen molar-refractivity contribution in [2.24, 2.45) is 0 Å². The van der Waals surface area contributed by atoms with E-state index < -0.39 is 6.10 Å². The van der Waals surface area contributed by atoms with E-state index in [1.807, 2.05) is 54.4 Å². The molecule has 26 heavy (non-hydrogen) atoms. The van der Waals surface area contributed by atoms with E-state index in [1.54, 1.807) is 14.2 Å². The first-order valence-electron chi connectivity index (χ1n) is 8.42. The van der Waals surface area contributed by atoms with E-state index in [9.17, 15) is 5.11 Å². The number of likely N-dealkylation sites (N-methyl/N-ethyl adjacent to an activating group) is 1. The van der Waals surface area contributed by atoms with Gasteiger partial charge in [0.15, 0.2) is 0 Å². The molecule has 6 heteroatoms. The smallest absolute Gasteiger partial charge is 0.127 e. The van der Waals surface area contributed by atoms with Crippen molar-refractivity contribution >= 4 is 11.6 Å². The van der Waals surface area contributed by atoms with Crippen molar-refractivity contribution in [2.75, 3.05) is 34.4 Å². The SMILES string of the molecule is COc1ccc(CN(C)C[C@@H](O)COCc2ccccc2Cl)c(OC)c1. The van der Waals surface area contributed by atoms with E-state index in [1.165, 1.54) is 0 Å². The van der Waals surface area contributed by atoms with Gasteiger partial charge in [0.1, 0.15) is 11.5 Å². The van der Waals surface area contributed by atoms with E-state index in [2.05, 4.69) is 0 Å².